The summed E-state index contributed by atoms with van der Waals surface area (Å²) in [6.07, 6.45) is 4.64. The maximum atomic E-state index is 11.8. The van der Waals surface area contributed by atoms with Crippen LogP contribution in [0.3, 0.4) is 0 Å². The lowest BCUT2D eigenvalue weighted by Crippen LogP contribution is -2.45. The molecule has 2 atom stereocenters. The smallest absolute Gasteiger partial charge is 0.270 e. The predicted molar refractivity (Wildman–Crippen MR) is 64.4 cm³/mol. The molecule has 0 unspecified atom stereocenters. The van der Waals surface area contributed by atoms with Crippen LogP contribution in [-0.4, -0.2) is 28.1 Å². The van der Waals surface area contributed by atoms with Crippen molar-refractivity contribution in [2.75, 3.05) is 5.73 Å². The van der Waals surface area contributed by atoms with Crippen molar-refractivity contribution in [1.29, 1.82) is 0 Å². The molecule has 4 N–H and O–H groups in total. The molecule has 1 aliphatic rings. The molecule has 0 aromatic carbocycles. The predicted octanol–water partition coefficient (Wildman–Crippen LogP) is 0.697. The molecular weight excluding hydrogens is 218 g/mol. The summed E-state index contributed by atoms with van der Waals surface area (Å²) in [4.78, 5) is 15.8. The second-order valence-electron chi connectivity index (χ2n) is 4.41. The van der Waals surface area contributed by atoms with Gasteiger partial charge in [0.1, 0.15) is 5.69 Å². The SMILES string of the molecule is Nc1ccc(C(=O)N[C@H]2CCCC[C@@H]2O)nc1. The van der Waals surface area contributed by atoms with Crippen molar-refractivity contribution in [3.05, 3.63) is 24.0 Å². The van der Waals surface area contributed by atoms with Gasteiger partial charge in [-0.1, -0.05) is 12.8 Å². The first-order chi connectivity index (χ1) is 8.16. The minimum Gasteiger partial charge on any atom is -0.397 e. The van der Waals surface area contributed by atoms with Gasteiger partial charge in [0.05, 0.1) is 24.0 Å². The van der Waals surface area contributed by atoms with E-state index in [2.05, 4.69) is 10.3 Å². The molecule has 92 valence electrons. The van der Waals surface area contributed by atoms with E-state index in [4.69, 9.17) is 5.73 Å². The normalized spacial score (nSPS) is 24.3. The third-order valence-electron chi connectivity index (χ3n) is 3.06. The fourth-order valence-corrected chi connectivity index (χ4v) is 2.06. The summed E-state index contributed by atoms with van der Waals surface area (Å²) in [5, 5.41) is 12.6. The highest BCUT2D eigenvalue weighted by molar-refractivity contribution is 5.92. The highest BCUT2D eigenvalue weighted by atomic mass is 16.3. The number of pyridine rings is 1. The van der Waals surface area contributed by atoms with Gasteiger partial charge in [-0.2, -0.15) is 0 Å². The van der Waals surface area contributed by atoms with Gasteiger partial charge < -0.3 is 16.2 Å². The van der Waals surface area contributed by atoms with Crippen molar-refractivity contribution < 1.29 is 9.90 Å². The standard InChI is InChI=1S/C12H17N3O2/c13-8-5-6-10(14-7-8)12(17)15-9-3-1-2-4-11(9)16/h5-7,9,11,16H,1-4,13H2,(H,15,17)/t9-,11-/m0/s1. The summed E-state index contributed by atoms with van der Waals surface area (Å²) >= 11 is 0. The van der Waals surface area contributed by atoms with Gasteiger partial charge in [-0.05, 0) is 25.0 Å². The Morgan fingerprint density at radius 1 is 1.41 bits per heavy atom. The average Bonchev–Trinajstić information content (AvgIpc) is 2.33. The largest absolute Gasteiger partial charge is 0.397 e. The van der Waals surface area contributed by atoms with E-state index >= 15 is 0 Å². The lowest BCUT2D eigenvalue weighted by Gasteiger charge is -2.28. The topological polar surface area (TPSA) is 88.2 Å². The molecule has 1 fully saturated rings. The van der Waals surface area contributed by atoms with Gasteiger partial charge in [-0.25, -0.2) is 4.98 Å². The Morgan fingerprint density at radius 2 is 2.18 bits per heavy atom. The maximum absolute atomic E-state index is 11.8. The maximum Gasteiger partial charge on any atom is 0.270 e. The molecule has 5 nitrogen and oxygen atoms in total. The van der Waals surface area contributed by atoms with E-state index in [1.165, 1.54) is 6.20 Å². The summed E-state index contributed by atoms with van der Waals surface area (Å²) in [5.41, 5.74) is 6.36. The van der Waals surface area contributed by atoms with E-state index in [-0.39, 0.29) is 11.9 Å². The number of nitrogens with zero attached hydrogens (tertiary/aromatic N) is 1. The Balaban J connectivity index is 1.98. The van der Waals surface area contributed by atoms with Crippen LogP contribution in [0.5, 0.6) is 0 Å². The lowest BCUT2D eigenvalue weighted by atomic mass is 9.92. The number of rotatable bonds is 2. The molecule has 1 saturated carbocycles. The molecule has 5 heteroatoms. The molecule has 17 heavy (non-hydrogen) atoms. The number of carbonyl (C=O) groups is 1. The fraction of sp³-hybridized carbons (Fsp3) is 0.500. The minimum absolute atomic E-state index is 0.157. The number of aliphatic hydroxyl groups excluding tert-OH is 1. The van der Waals surface area contributed by atoms with Crippen LogP contribution in [0, 0.1) is 0 Å². The molecule has 1 heterocycles. The molecule has 0 saturated heterocycles. The quantitative estimate of drug-likeness (QED) is 0.704. The molecule has 1 aromatic rings. The van der Waals surface area contributed by atoms with E-state index in [0.717, 1.165) is 25.7 Å². The zero-order valence-corrected chi connectivity index (χ0v) is 9.60. The monoisotopic (exact) mass is 235 g/mol. The van der Waals surface area contributed by atoms with Crippen LogP contribution in [0.4, 0.5) is 5.69 Å². The number of nitrogen functional groups attached to an aromatic ring is 1. The van der Waals surface area contributed by atoms with Crippen LogP contribution in [0.25, 0.3) is 0 Å². The molecule has 0 bridgehead atoms. The van der Waals surface area contributed by atoms with Gasteiger partial charge in [0.15, 0.2) is 0 Å². The number of hydrogen-bond acceptors (Lipinski definition) is 4. The van der Waals surface area contributed by atoms with E-state index in [0.29, 0.717) is 11.4 Å². The number of carbonyl (C=O) groups excluding carboxylic acids is 1. The zero-order chi connectivity index (χ0) is 12.3. The molecule has 1 amide bonds. The average molecular weight is 235 g/mol. The second-order valence-corrected chi connectivity index (χ2v) is 4.41. The Hall–Kier alpha value is -1.62. The first-order valence-electron chi connectivity index (χ1n) is 5.87. The minimum atomic E-state index is -0.443. The summed E-state index contributed by atoms with van der Waals surface area (Å²) in [7, 11) is 0. The highest BCUT2D eigenvalue weighted by Crippen LogP contribution is 2.18. The first kappa shape index (κ1) is 11.9. The van der Waals surface area contributed by atoms with Crippen LogP contribution in [0.1, 0.15) is 36.2 Å². The van der Waals surface area contributed by atoms with Gasteiger partial charge in [-0.3, -0.25) is 4.79 Å². The molecule has 1 aliphatic carbocycles. The highest BCUT2D eigenvalue weighted by Gasteiger charge is 2.25. The van der Waals surface area contributed by atoms with Crippen molar-refractivity contribution in [2.45, 2.75) is 37.8 Å². The molecule has 2 rings (SSSR count). The van der Waals surface area contributed by atoms with Crippen LogP contribution < -0.4 is 11.1 Å². The van der Waals surface area contributed by atoms with Crippen molar-refractivity contribution >= 4 is 11.6 Å². The van der Waals surface area contributed by atoms with E-state index in [9.17, 15) is 9.90 Å². The second kappa shape index (κ2) is 5.14. The molecule has 0 spiro atoms. The van der Waals surface area contributed by atoms with Gasteiger partial charge in [0.25, 0.3) is 5.91 Å². The molecular formula is C12H17N3O2. The van der Waals surface area contributed by atoms with Crippen molar-refractivity contribution in [2.24, 2.45) is 0 Å². The summed E-state index contributed by atoms with van der Waals surface area (Å²) < 4.78 is 0. The zero-order valence-electron chi connectivity index (χ0n) is 9.60. The van der Waals surface area contributed by atoms with Crippen molar-refractivity contribution in [1.82, 2.24) is 10.3 Å². The Labute approximate surface area is 100 Å². The number of hydrogen-bond donors (Lipinski definition) is 3. The number of nitrogens with two attached hydrogens (primary N) is 1. The number of aromatic nitrogens is 1. The third-order valence-corrected chi connectivity index (χ3v) is 3.06. The molecule has 1 aromatic heterocycles. The van der Waals surface area contributed by atoms with Gasteiger partial charge in [0.2, 0.25) is 0 Å². The number of amides is 1. The number of anilines is 1. The van der Waals surface area contributed by atoms with Crippen LogP contribution in [0.15, 0.2) is 18.3 Å². The van der Waals surface area contributed by atoms with E-state index in [1.54, 1.807) is 12.1 Å². The summed E-state index contributed by atoms with van der Waals surface area (Å²) in [6.45, 7) is 0. The van der Waals surface area contributed by atoms with Crippen LogP contribution in [-0.2, 0) is 0 Å². The summed E-state index contributed by atoms with van der Waals surface area (Å²) in [5.74, 6) is -0.254. The first-order valence-corrected chi connectivity index (χ1v) is 5.87. The van der Waals surface area contributed by atoms with E-state index in [1.807, 2.05) is 0 Å². The number of aliphatic hydroxyl groups is 1. The van der Waals surface area contributed by atoms with Crippen LogP contribution >= 0.6 is 0 Å². The third kappa shape index (κ3) is 2.94. The van der Waals surface area contributed by atoms with E-state index < -0.39 is 6.10 Å². The van der Waals surface area contributed by atoms with Crippen molar-refractivity contribution in [3.8, 4) is 0 Å². The molecule has 0 radical (unpaired) electrons. The Kier molecular flexibility index (Phi) is 3.58. The Morgan fingerprint density at radius 3 is 2.82 bits per heavy atom. The Bertz CT molecular complexity index is 391. The van der Waals surface area contributed by atoms with Crippen LogP contribution in [0.2, 0.25) is 0 Å². The van der Waals surface area contributed by atoms with Gasteiger partial charge in [0, 0.05) is 0 Å². The number of nitrogens with one attached hydrogen (secondary N) is 1. The fourth-order valence-electron chi connectivity index (χ4n) is 2.06. The summed E-state index contributed by atoms with van der Waals surface area (Å²) in [6, 6.07) is 3.06. The van der Waals surface area contributed by atoms with Gasteiger partial charge >= 0.3 is 0 Å². The van der Waals surface area contributed by atoms with Gasteiger partial charge in [-0.15, -0.1) is 0 Å². The lowest BCUT2D eigenvalue weighted by molar-refractivity contribution is 0.0714. The van der Waals surface area contributed by atoms with Crippen molar-refractivity contribution in [3.63, 3.8) is 0 Å². The molecule has 0 aliphatic heterocycles.